The van der Waals surface area contributed by atoms with Gasteiger partial charge in [-0.25, -0.2) is 55.7 Å². The fourth-order valence-corrected chi connectivity index (χ4v) is 12.8. The number of aryl methyl sites for hydroxylation is 1. The minimum Gasteiger partial charge on any atom is -0.465 e. The minimum atomic E-state index is -3.75. The van der Waals surface area contributed by atoms with Gasteiger partial charge in [-0.2, -0.15) is 0 Å². The fraction of sp³-hybridized carbons (Fsp3) is 0.349. The van der Waals surface area contributed by atoms with Crippen molar-refractivity contribution in [1.82, 2.24) is 61.0 Å². The molecule has 0 bridgehead atoms. The number of benzene rings is 3. The Bertz CT molecular complexity index is 4530. The zero-order chi connectivity index (χ0) is 68.0. The number of carbonyl (C=O) groups is 7. The maximum absolute atomic E-state index is 15.7. The number of nitrogens with one attached hydrogen (secondary N) is 6. The second kappa shape index (κ2) is 26.2. The van der Waals surface area contributed by atoms with E-state index in [1.807, 2.05) is 0 Å². The molecule has 94 heavy (non-hydrogen) atoms. The smallest absolute Gasteiger partial charge is 0.408 e. The Hall–Kier alpha value is -9.98. The van der Waals surface area contributed by atoms with Crippen molar-refractivity contribution in [3.63, 3.8) is 0 Å². The maximum Gasteiger partial charge on any atom is 0.408 e. The van der Waals surface area contributed by atoms with Gasteiger partial charge in [0.2, 0.25) is 53.6 Å². The number of halogens is 1. The molecule has 1 aliphatic carbocycles. The molecule has 3 aromatic carbocycles. The third kappa shape index (κ3) is 13.3. The van der Waals surface area contributed by atoms with E-state index in [1.165, 1.54) is 59.4 Å². The molecule has 6 amide bonds. The lowest BCUT2D eigenvalue weighted by atomic mass is 9.81. The Morgan fingerprint density at radius 2 is 1.43 bits per heavy atom. The number of carbonyl (C=O) groups excluding carboxylic acids is 6. The maximum atomic E-state index is 15.7. The summed E-state index contributed by atoms with van der Waals surface area (Å²) in [5.41, 5.74) is 3.20. The van der Waals surface area contributed by atoms with Crippen LogP contribution < -0.4 is 37.5 Å². The summed E-state index contributed by atoms with van der Waals surface area (Å²) in [6.07, 6.45) is 5.97. The van der Waals surface area contributed by atoms with Gasteiger partial charge in [0.15, 0.2) is 5.60 Å². The highest BCUT2D eigenvalue weighted by Gasteiger charge is 2.46. The summed E-state index contributed by atoms with van der Waals surface area (Å²) in [6, 6.07) is 8.95. The zero-order valence-corrected chi connectivity index (χ0v) is 53.8. The summed E-state index contributed by atoms with van der Waals surface area (Å²) in [7, 11) is -5.81. The molecule has 2 aliphatic heterocycles. The number of aromatic nitrogens is 6. The second-order valence-electron chi connectivity index (χ2n) is 23.6. The Kier molecular flexibility index (Phi) is 18.6. The molecule has 28 nitrogen and oxygen atoms in total. The average Bonchev–Trinajstić information content (AvgIpc) is 1.47. The summed E-state index contributed by atoms with van der Waals surface area (Å²) in [5.74, 6) is -5.66. The average molecular weight is 1330 g/mol. The number of nitrogens with zero attached hydrogens (tertiary/aromatic N) is 7. The monoisotopic (exact) mass is 1330 g/mol. The lowest BCUT2D eigenvalue weighted by Gasteiger charge is -2.36. The Morgan fingerprint density at radius 1 is 0.798 bits per heavy atom. The van der Waals surface area contributed by atoms with Gasteiger partial charge in [-0.05, 0) is 121 Å². The number of pyridine rings is 2. The molecule has 3 aliphatic rings. The predicted octanol–water partition coefficient (Wildman–Crippen LogP) is 3.27. The van der Waals surface area contributed by atoms with Crippen molar-refractivity contribution in [1.29, 1.82) is 0 Å². The first-order chi connectivity index (χ1) is 44.4. The zero-order valence-electron chi connectivity index (χ0n) is 52.1. The van der Waals surface area contributed by atoms with Crippen LogP contribution in [0.1, 0.15) is 101 Å². The molecular weight excluding hydrogens is 1260 g/mol. The number of esters is 1. The molecule has 4 aromatic heterocycles. The number of hydrogen-bond donors (Lipinski definition) is 8. The third-order valence-electron chi connectivity index (χ3n) is 16.8. The van der Waals surface area contributed by atoms with E-state index in [9.17, 15) is 65.4 Å². The molecule has 492 valence electrons. The molecule has 0 fully saturated rings. The fourth-order valence-electron chi connectivity index (χ4n) is 11.8. The highest BCUT2D eigenvalue weighted by molar-refractivity contribution is 7.90. The van der Waals surface area contributed by atoms with Crippen LogP contribution in [0, 0.1) is 18.7 Å². The number of cyclic esters (lactones) is 1. The highest BCUT2D eigenvalue weighted by Crippen LogP contribution is 2.48. The van der Waals surface area contributed by atoms with Crippen molar-refractivity contribution in [2.24, 2.45) is 5.92 Å². The van der Waals surface area contributed by atoms with Crippen LogP contribution in [-0.2, 0) is 86.6 Å². The van der Waals surface area contributed by atoms with Gasteiger partial charge in [0, 0.05) is 95.3 Å². The van der Waals surface area contributed by atoms with E-state index >= 15 is 4.39 Å². The van der Waals surface area contributed by atoms with Crippen molar-refractivity contribution >= 4 is 77.9 Å². The topological polar surface area (TPSA) is 399 Å². The summed E-state index contributed by atoms with van der Waals surface area (Å²) >= 11 is 0. The second-order valence-corrected chi connectivity index (χ2v) is 27.4. The quantitative estimate of drug-likeness (QED) is 0.0378. The Labute approximate surface area is 537 Å². The first-order valence-electron chi connectivity index (χ1n) is 29.6. The van der Waals surface area contributed by atoms with Crippen LogP contribution >= 0.6 is 0 Å². The molecule has 0 saturated heterocycles. The minimum absolute atomic E-state index is 0.0112. The number of sulfone groups is 2. The van der Waals surface area contributed by atoms with Crippen molar-refractivity contribution in [2.75, 3.05) is 38.0 Å². The number of ether oxygens (including phenoxy) is 1. The van der Waals surface area contributed by atoms with Crippen LogP contribution in [-0.4, -0.2) is 148 Å². The number of fused-ring (bicyclic) bond motifs is 5. The Balaban J connectivity index is 0.783. The molecule has 7 aromatic rings. The summed E-state index contributed by atoms with van der Waals surface area (Å²) in [6.45, 7) is 6.38. The number of anilines is 1. The molecule has 31 heteroatoms. The van der Waals surface area contributed by atoms with E-state index in [0.29, 0.717) is 73.1 Å². The van der Waals surface area contributed by atoms with Gasteiger partial charge in [-0.15, -0.1) is 0 Å². The molecule has 0 radical (unpaired) electrons. The van der Waals surface area contributed by atoms with Gasteiger partial charge in [-0.3, -0.25) is 33.7 Å². The van der Waals surface area contributed by atoms with E-state index in [-0.39, 0.29) is 72.7 Å². The highest BCUT2D eigenvalue weighted by atomic mass is 32.2. The van der Waals surface area contributed by atoms with Crippen LogP contribution in [0.15, 0.2) is 88.4 Å². The molecule has 8 N–H and O–H groups in total. The van der Waals surface area contributed by atoms with Gasteiger partial charge in [0.05, 0.1) is 48.1 Å². The lowest BCUT2D eigenvalue weighted by molar-refractivity contribution is -0.172. The van der Waals surface area contributed by atoms with Crippen LogP contribution in [0.2, 0.25) is 0 Å². The van der Waals surface area contributed by atoms with Crippen LogP contribution in [0.3, 0.4) is 0 Å². The number of hydrogen-bond acceptors (Lipinski definition) is 20. The third-order valence-corrected chi connectivity index (χ3v) is 18.6. The molecule has 0 unspecified atom stereocenters. The van der Waals surface area contributed by atoms with Crippen molar-refractivity contribution in [3.05, 3.63) is 140 Å². The van der Waals surface area contributed by atoms with Gasteiger partial charge < -0.3 is 51.4 Å². The van der Waals surface area contributed by atoms with Crippen molar-refractivity contribution in [2.45, 2.75) is 114 Å². The van der Waals surface area contributed by atoms with Gasteiger partial charge in [0.1, 0.15) is 24.5 Å². The van der Waals surface area contributed by atoms with E-state index in [1.54, 1.807) is 65.1 Å². The molecule has 0 saturated carbocycles. The number of aliphatic hydroxyl groups is 1. The summed E-state index contributed by atoms with van der Waals surface area (Å²) in [4.78, 5) is 130. The normalized spacial score (nSPS) is 16.2. The molecule has 0 spiro atoms. The van der Waals surface area contributed by atoms with Crippen molar-refractivity contribution in [3.8, 4) is 33.6 Å². The molecule has 6 heterocycles. The predicted molar refractivity (Wildman–Crippen MR) is 336 cm³/mol. The first-order valence-corrected chi connectivity index (χ1v) is 33.4. The van der Waals surface area contributed by atoms with Gasteiger partial charge in [0.25, 0.3) is 11.5 Å². The van der Waals surface area contributed by atoms with E-state index in [0.717, 1.165) is 12.5 Å². The van der Waals surface area contributed by atoms with E-state index in [4.69, 9.17) is 9.72 Å². The summed E-state index contributed by atoms with van der Waals surface area (Å²) < 4.78 is 70.5. The number of amides is 6. The Morgan fingerprint density at radius 3 is 2.01 bits per heavy atom. The van der Waals surface area contributed by atoms with Gasteiger partial charge in [-0.1, -0.05) is 26.8 Å². The first kappa shape index (κ1) is 66.9. The van der Waals surface area contributed by atoms with Crippen LogP contribution in [0.25, 0.3) is 44.5 Å². The number of rotatable bonds is 21. The lowest BCUT2D eigenvalue weighted by Crippen LogP contribution is -2.55. The van der Waals surface area contributed by atoms with Crippen molar-refractivity contribution < 1.29 is 69.7 Å². The largest absolute Gasteiger partial charge is 0.465 e. The molecular formula is C63H66FN13O15S2. The van der Waals surface area contributed by atoms with E-state index < -0.39 is 126 Å². The SMILES string of the molecule is CC[C@@]1(O)C(=O)OCc2c1cc1n(c2=O)Cc2c-1nc1cc(F)c(C)c3c1c2[C@@H](N(Cc1ccc(NC(=O)[C@H](C)NC(=O)[C@@H](NC(=O)CNC(=O)CNC(=O)c2cc(-c4cnc(S(C)(=O)=O)nc4)cc(-c4cnc(S(C)(=O)=O)nc4)c2)C(C)C)cc1CNC)C(=O)O)CC3. The standard InChI is InChI=1S/C63H66FN13O15S2/c1-9-63(87)44-18-48-54-42(28-76(48)58(83)43(44)29-92-59(63)84)52-47(13-12-41-31(4)45(64)19-46(74-54)51(41)52)77(62(85)86)27-33-10-11-40(17-37(33)20-65-6)73-55(80)32(5)72-57(82)53(30(2)3)75-50(79)26-66-49(78)25-67-56(81)36-15-34(38-21-68-60(69-22-38)93(7,88)89)14-35(16-36)39-23-70-61(71-24-39)94(8,90)91/h10-11,14-19,21-24,30,32,47,53,65,87H,9,12-13,20,25-29H2,1-8H3,(H,66,78)(H,67,81)(H,72,82)(H,73,80)(H,75,79)(H,85,86)/t32-,47-,53-,63-/m0/s1. The van der Waals surface area contributed by atoms with Crippen LogP contribution in [0.5, 0.6) is 0 Å². The summed E-state index contributed by atoms with van der Waals surface area (Å²) in [5, 5.41) is 38.3. The molecule has 10 rings (SSSR count). The van der Waals surface area contributed by atoms with Gasteiger partial charge >= 0.3 is 12.1 Å². The number of carboxylic acid groups (broad SMARTS) is 1. The van der Waals surface area contributed by atoms with E-state index in [2.05, 4.69) is 51.8 Å². The molecule has 4 atom stereocenters. The van der Waals surface area contributed by atoms with Crippen LogP contribution in [0.4, 0.5) is 14.9 Å².